The molecule has 0 saturated heterocycles. The molecule has 2 N–H and O–H groups in total. The third kappa shape index (κ3) is 6.30. The monoisotopic (exact) mass is 399 g/mol. The van der Waals surface area contributed by atoms with Gasteiger partial charge in [0.1, 0.15) is 6.04 Å². The molecule has 0 aliphatic rings. The number of carbonyl (C=O) groups excluding carboxylic acids is 2. The molecule has 1 atom stereocenters. The molecule has 0 bridgehead atoms. The Morgan fingerprint density at radius 3 is 2.21 bits per heavy atom. The summed E-state index contributed by atoms with van der Waals surface area (Å²) in [6.45, 7) is 6.10. The number of thioether (sulfide) groups is 1. The molecule has 0 aliphatic heterocycles. The van der Waals surface area contributed by atoms with E-state index in [9.17, 15) is 9.59 Å². The average molecular weight is 400 g/mol. The van der Waals surface area contributed by atoms with Crippen molar-refractivity contribution in [3.05, 3.63) is 60.2 Å². The van der Waals surface area contributed by atoms with E-state index in [1.54, 1.807) is 23.9 Å². The van der Waals surface area contributed by atoms with Crippen molar-refractivity contribution >= 4 is 35.0 Å². The van der Waals surface area contributed by atoms with Crippen molar-refractivity contribution in [2.75, 3.05) is 35.3 Å². The van der Waals surface area contributed by atoms with Crippen LogP contribution in [0.1, 0.15) is 30.6 Å². The van der Waals surface area contributed by atoms with Crippen molar-refractivity contribution in [2.45, 2.75) is 26.3 Å². The van der Waals surface area contributed by atoms with Gasteiger partial charge in [-0.3, -0.25) is 9.59 Å². The third-order valence-corrected chi connectivity index (χ3v) is 5.18. The molecular weight excluding hydrogens is 370 g/mol. The lowest BCUT2D eigenvalue weighted by Gasteiger charge is -2.22. The highest BCUT2D eigenvalue weighted by molar-refractivity contribution is 7.98. The maximum atomic E-state index is 12.8. The van der Waals surface area contributed by atoms with Crippen LogP contribution in [0.5, 0.6) is 0 Å². The van der Waals surface area contributed by atoms with Crippen molar-refractivity contribution in [3.63, 3.8) is 0 Å². The van der Waals surface area contributed by atoms with Gasteiger partial charge < -0.3 is 15.5 Å². The lowest BCUT2D eigenvalue weighted by Crippen LogP contribution is -2.44. The number of amides is 2. The largest absolute Gasteiger partial charge is 0.372 e. The predicted molar refractivity (Wildman–Crippen MR) is 119 cm³/mol. The summed E-state index contributed by atoms with van der Waals surface area (Å²) in [5.41, 5.74) is 2.40. The standard InChI is InChI=1S/C22H29N3O2S/c1-4-25(5-2)19-13-11-18(12-14-19)23-22(27)20(15-16-28-3)24-21(26)17-9-7-6-8-10-17/h6-14,20H,4-5,15-16H2,1-3H3,(H,23,27)(H,24,26). The maximum Gasteiger partial charge on any atom is 0.251 e. The molecule has 6 heteroatoms. The van der Waals surface area contributed by atoms with E-state index in [1.807, 2.05) is 48.7 Å². The van der Waals surface area contributed by atoms with Crippen LogP contribution in [0, 0.1) is 0 Å². The summed E-state index contributed by atoms with van der Waals surface area (Å²) in [4.78, 5) is 27.5. The molecule has 0 fully saturated rings. The van der Waals surface area contributed by atoms with Gasteiger partial charge in [0.05, 0.1) is 0 Å². The Kier molecular flexibility index (Phi) is 8.88. The summed E-state index contributed by atoms with van der Waals surface area (Å²) >= 11 is 1.65. The first-order valence-corrected chi connectivity index (χ1v) is 11.0. The zero-order chi connectivity index (χ0) is 20.4. The number of benzene rings is 2. The molecule has 5 nitrogen and oxygen atoms in total. The summed E-state index contributed by atoms with van der Waals surface area (Å²) in [6.07, 6.45) is 2.56. The number of anilines is 2. The highest BCUT2D eigenvalue weighted by Crippen LogP contribution is 2.18. The van der Waals surface area contributed by atoms with Gasteiger partial charge in [0.25, 0.3) is 5.91 Å². The molecule has 0 spiro atoms. The summed E-state index contributed by atoms with van der Waals surface area (Å²) in [5, 5.41) is 5.79. The number of nitrogens with one attached hydrogen (secondary N) is 2. The first-order chi connectivity index (χ1) is 13.6. The van der Waals surface area contributed by atoms with Gasteiger partial charge in [0.15, 0.2) is 0 Å². The molecule has 150 valence electrons. The lowest BCUT2D eigenvalue weighted by atomic mass is 10.1. The smallest absolute Gasteiger partial charge is 0.251 e. The number of rotatable bonds is 10. The molecule has 28 heavy (non-hydrogen) atoms. The van der Waals surface area contributed by atoms with Crippen LogP contribution in [0.4, 0.5) is 11.4 Å². The van der Waals surface area contributed by atoms with Crippen molar-refractivity contribution < 1.29 is 9.59 Å². The van der Waals surface area contributed by atoms with E-state index in [2.05, 4.69) is 29.4 Å². The van der Waals surface area contributed by atoms with Crippen molar-refractivity contribution in [3.8, 4) is 0 Å². The molecule has 0 saturated carbocycles. The summed E-state index contributed by atoms with van der Waals surface area (Å²) in [6, 6.07) is 16.2. The van der Waals surface area contributed by atoms with E-state index in [-0.39, 0.29) is 11.8 Å². The molecular formula is C22H29N3O2S. The van der Waals surface area contributed by atoms with Crippen LogP contribution in [0.3, 0.4) is 0 Å². The van der Waals surface area contributed by atoms with E-state index in [0.29, 0.717) is 12.0 Å². The molecule has 0 aromatic heterocycles. The summed E-state index contributed by atoms with van der Waals surface area (Å²) in [7, 11) is 0. The van der Waals surface area contributed by atoms with Crippen LogP contribution < -0.4 is 15.5 Å². The third-order valence-electron chi connectivity index (χ3n) is 4.53. The average Bonchev–Trinajstić information content (AvgIpc) is 2.73. The molecule has 2 rings (SSSR count). The van der Waals surface area contributed by atoms with Crippen LogP contribution in [-0.2, 0) is 4.79 Å². The number of hydrogen-bond donors (Lipinski definition) is 2. The second-order valence-electron chi connectivity index (χ2n) is 6.38. The molecule has 2 aromatic rings. The number of hydrogen-bond acceptors (Lipinski definition) is 4. The minimum Gasteiger partial charge on any atom is -0.372 e. The normalized spacial score (nSPS) is 11.5. The van der Waals surface area contributed by atoms with Crippen LogP contribution in [0.25, 0.3) is 0 Å². The van der Waals surface area contributed by atoms with Gasteiger partial charge in [0.2, 0.25) is 5.91 Å². The van der Waals surface area contributed by atoms with Gasteiger partial charge in [0, 0.05) is 30.0 Å². The lowest BCUT2D eigenvalue weighted by molar-refractivity contribution is -0.118. The van der Waals surface area contributed by atoms with E-state index in [1.165, 1.54) is 0 Å². The van der Waals surface area contributed by atoms with Gasteiger partial charge in [-0.15, -0.1) is 0 Å². The predicted octanol–water partition coefficient (Wildman–Crippen LogP) is 4.02. The van der Waals surface area contributed by atoms with Crippen LogP contribution in [-0.4, -0.2) is 43.0 Å². The Bertz CT molecular complexity index is 746. The minimum atomic E-state index is -0.581. The van der Waals surface area contributed by atoms with Gasteiger partial charge >= 0.3 is 0 Å². The molecule has 0 aliphatic carbocycles. The Labute approximate surface area is 171 Å². The van der Waals surface area contributed by atoms with Crippen LogP contribution in [0.2, 0.25) is 0 Å². The van der Waals surface area contributed by atoms with Crippen molar-refractivity contribution in [1.29, 1.82) is 0 Å². The highest BCUT2D eigenvalue weighted by Gasteiger charge is 2.21. The second-order valence-corrected chi connectivity index (χ2v) is 7.37. The van der Waals surface area contributed by atoms with Crippen LogP contribution in [0.15, 0.2) is 54.6 Å². The zero-order valence-electron chi connectivity index (χ0n) is 16.8. The fourth-order valence-corrected chi connectivity index (χ4v) is 3.38. The van der Waals surface area contributed by atoms with Crippen LogP contribution >= 0.6 is 11.8 Å². The quantitative estimate of drug-likeness (QED) is 0.633. The Hall–Kier alpha value is -2.47. The molecule has 0 heterocycles. The van der Waals surface area contributed by atoms with Gasteiger partial charge in [-0.2, -0.15) is 11.8 Å². The topological polar surface area (TPSA) is 61.4 Å². The first-order valence-electron chi connectivity index (χ1n) is 9.59. The van der Waals surface area contributed by atoms with E-state index in [4.69, 9.17) is 0 Å². The number of carbonyl (C=O) groups is 2. The molecule has 1 unspecified atom stereocenters. The molecule has 0 radical (unpaired) electrons. The SMILES string of the molecule is CCN(CC)c1ccc(NC(=O)C(CCSC)NC(=O)c2ccccc2)cc1. The molecule has 2 amide bonds. The van der Waals surface area contributed by atoms with Crippen molar-refractivity contribution in [1.82, 2.24) is 5.32 Å². The zero-order valence-corrected chi connectivity index (χ0v) is 17.6. The highest BCUT2D eigenvalue weighted by atomic mass is 32.2. The van der Waals surface area contributed by atoms with E-state index in [0.717, 1.165) is 30.2 Å². The fourth-order valence-electron chi connectivity index (χ4n) is 2.91. The molecule has 2 aromatic carbocycles. The van der Waals surface area contributed by atoms with Gasteiger partial charge in [-0.05, 0) is 68.7 Å². The van der Waals surface area contributed by atoms with Gasteiger partial charge in [-0.1, -0.05) is 18.2 Å². The van der Waals surface area contributed by atoms with Crippen molar-refractivity contribution in [2.24, 2.45) is 0 Å². The Morgan fingerprint density at radius 2 is 1.64 bits per heavy atom. The van der Waals surface area contributed by atoms with E-state index >= 15 is 0 Å². The second kappa shape index (κ2) is 11.4. The fraction of sp³-hybridized carbons (Fsp3) is 0.364. The summed E-state index contributed by atoms with van der Waals surface area (Å²) < 4.78 is 0. The minimum absolute atomic E-state index is 0.200. The maximum absolute atomic E-state index is 12.8. The van der Waals surface area contributed by atoms with E-state index < -0.39 is 6.04 Å². The summed E-state index contributed by atoms with van der Waals surface area (Å²) in [5.74, 6) is 0.348. The Morgan fingerprint density at radius 1 is 1.00 bits per heavy atom. The Balaban J connectivity index is 2.04. The number of nitrogens with zero attached hydrogens (tertiary/aromatic N) is 1. The van der Waals surface area contributed by atoms with Gasteiger partial charge in [-0.25, -0.2) is 0 Å². The first kappa shape index (κ1) is 21.8.